The predicted molar refractivity (Wildman–Crippen MR) is 129 cm³/mol. The Labute approximate surface area is 197 Å². The lowest BCUT2D eigenvalue weighted by molar-refractivity contribution is -0.127. The second-order valence-corrected chi connectivity index (χ2v) is 10.4. The number of sulfonamides is 1. The summed E-state index contributed by atoms with van der Waals surface area (Å²) in [5.74, 6) is -1.20. The summed E-state index contributed by atoms with van der Waals surface area (Å²) in [6, 6.07) is 14.4. The number of aryl methyl sites for hydroxylation is 2. The van der Waals surface area contributed by atoms with Crippen LogP contribution in [0.5, 0.6) is 0 Å². The summed E-state index contributed by atoms with van der Waals surface area (Å²) in [4.78, 5) is 35.1. The lowest BCUT2D eigenvalue weighted by atomic mass is 10.1. The van der Waals surface area contributed by atoms with Crippen molar-refractivity contribution in [2.75, 3.05) is 26.2 Å². The first-order valence-corrected chi connectivity index (χ1v) is 12.5. The van der Waals surface area contributed by atoms with E-state index in [0.29, 0.717) is 22.2 Å². The number of ketones is 1. The number of hydrogen-bond acceptors (Lipinski definition) is 5. The normalized spacial score (nSPS) is 15.2. The van der Waals surface area contributed by atoms with E-state index in [2.05, 4.69) is 9.97 Å². The molecular weight excluding hydrogens is 452 g/mol. The summed E-state index contributed by atoms with van der Waals surface area (Å²) in [6.45, 7) is 4.17. The molecule has 34 heavy (non-hydrogen) atoms. The highest BCUT2D eigenvalue weighted by atomic mass is 32.2. The summed E-state index contributed by atoms with van der Waals surface area (Å²) in [7, 11) is -3.81. The largest absolute Gasteiger partial charge is 0.358 e. The minimum absolute atomic E-state index is 0.108. The van der Waals surface area contributed by atoms with Crippen molar-refractivity contribution in [2.45, 2.75) is 18.7 Å². The van der Waals surface area contributed by atoms with E-state index in [1.54, 1.807) is 25.3 Å². The fourth-order valence-electron chi connectivity index (χ4n) is 4.54. The maximum Gasteiger partial charge on any atom is 0.295 e. The van der Waals surface area contributed by atoms with Gasteiger partial charge in [0.1, 0.15) is 4.90 Å². The minimum atomic E-state index is -3.81. The topological polar surface area (TPSA) is 103 Å². The number of piperazine rings is 1. The Kier molecular flexibility index (Phi) is 5.45. The van der Waals surface area contributed by atoms with Crippen molar-refractivity contribution in [1.29, 1.82) is 0 Å². The zero-order chi connectivity index (χ0) is 24.0. The third kappa shape index (κ3) is 3.66. The van der Waals surface area contributed by atoms with E-state index in [4.69, 9.17) is 0 Å². The monoisotopic (exact) mass is 476 g/mol. The van der Waals surface area contributed by atoms with E-state index in [0.717, 1.165) is 16.5 Å². The van der Waals surface area contributed by atoms with E-state index >= 15 is 0 Å². The molecule has 0 saturated carbocycles. The summed E-state index contributed by atoms with van der Waals surface area (Å²) >= 11 is 0. The number of aromatic nitrogens is 2. The molecule has 0 radical (unpaired) electrons. The number of H-pyrrole nitrogens is 1. The molecule has 2 aromatic heterocycles. The van der Waals surface area contributed by atoms with Crippen molar-refractivity contribution in [3.8, 4) is 0 Å². The molecule has 2 aromatic carbocycles. The quantitative estimate of drug-likeness (QED) is 0.360. The van der Waals surface area contributed by atoms with Crippen molar-refractivity contribution in [3.63, 3.8) is 0 Å². The molecule has 1 saturated heterocycles. The molecule has 0 bridgehead atoms. The van der Waals surface area contributed by atoms with Crippen LogP contribution in [0.2, 0.25) is 0 Å². The van der Waals surface area contributed by atoms with Crippen LogP contribution < -0.4 is 0 Å². The molecule has 3 heterocycles. The molecule has 4 aromatic rings. The smallest absolute Gasteiger partial charge is 0.295 e. The van der Waals surface area contributed by atoms with Crippen LogP contribution in [0.4, 0.5) is 0 Å². The number of carbonyl (C=O) groups is 2. The first-order valence-electron chi connectivity index (χ1n) is 11.0. The average Bonchev–Trinajstić information content (AvgIpc) is 3.18. The predicted octanol–water partition coefficient (Wildman–Crippen LogP) is 3.05. The van der Waals surface area contributed by atoms with Gasteiger partial charge >= 0.3 is 0 Å². The minimum Gasteiger partial charge on any atom is -0.358 e. The van der Waals surface area contributed by atoms with Crippen LogP contribution in [0.1, 0.15) is 21.6 Å². The number of carbonyl (C=O) groups excluding carboxylic acids is 2. The molecule has 0 aliphatic carbocycles. The Morgan fingerprint density at radius 2 is 1.71 bits per heavy atom. The number of hydrogen-bond donors (Lipinski definition) is 1. The first kappa shape index (κ1) is 22.2. The Morgan fingerprint density at radius 3 is 2.47 bits per heavy atom. The van der Waals surface area contributed by atoms with Gasteiger partial charge in [0.25, 0.3) is 11.7 Å². The van der Waals surface area contributed by atoms with Crippen LogP contribution in [0.25, 0.3) is 21.8 Å². The van der Waals surface area contributed by atoms with Gasteiger partial charge in [0.05, 0.1) is 11.1 Å². The van der Waals surface area contributed by atoms with Crippen LogP contribution in [-0.2, 0) is 14.8 Å². The Morgan fingerprint density at radius 1 is 0.971 bits per heavy atom. The number of nitrogens with zero attached hydrogens (tertiary/aromatic N) is 3. The molecule has 1 aliphatic rings. The number of para-hydroxylation sites is 2. The van der Waals surface area contributed by atoms with Gasteiger partial charge in [0, 0.05) is 54.4 Å². The number of amides is 1. The first-order chi connectivity index (χ1) is 16.3. The zero-order valence-corrected chi connectivity index (χ0v) is 19.7. The van der Waals surface area contributed by atoms with E-state index in [1.807, 2.05) is 43.3 Å². The summed E-state index contributed by atoms with van der Waals surface area (Å²) in [6.07, 6.45) is 1.65. The number of nitrogens with one attached hydrogen (secondary N) is 1. The highest BCUT2D eigenvalue weighted by Gasteiger charge is 2.34. The molecule has 1 fully saturated rings. The average molecular weight is 477 g/mol. The van der Waals surface area contributed by atoms with Gasteiger partial charge in [-0.1, -0.05) is 30.3 Å². The Bertz CT molecular complexity index is 1550. The summed E-state index contributed by atoms with van der Waals surface area (Å²) < 4.78 is 28.1. The summed E-state index contributed by atoms with van der Waals surface area (Å²) in [5, 5.41) is 1.47. The molecule has 0 unspecified atom stereocenters. The third-order valence-electron chi connectivity index (χ3n) is 6.27. The van der Waals surface area contributed by atoms with Crippen molar-refractivity contribution in [1.82, 2.24) is 19.2 Å². The molecule has 0 spiro atoms. The molecule has 0 atom stereocenters. The molecule has 174 valence electrons. The zero-order valence-electron chi connectivity index (χ0n) is 18.9. The van der Waals surface area contributed by atoms with E-state index in [9.17, 15) is 18.0 Å². The number of pyridine rings is 1. The highest BCUT2D eigenvalue weighted by Crippen LogP contribution is 2.26. The lowest BCUT2D eigenvalue weighted by Crippen LogP contribution is -2.52. The van der Waals surface area contributed by atoms with Gasteiger partial charge < -0.3 is 9.88 Å². The maximum absolute atomic E-state index is 13.4. The van der Waals surface area contributed by atoms with E-state index in [-0.39, 0.29) is 31.1 Å². The van der Waals surface area contributed by atoms with Crippen molar-refractivity contribution >= 4 is 43.5 Å². The highest BCUT2D eigenvalue weighted by molar-refractivity contribution is 7.89. The third-order valence-corrected chi connectivity index (χ3v) is 8.20. The number of Topliss-reactive ketones (excluding diaryl/α,β-unsaturated/α-hetero) is 1. The van der Waals surface area contributed by atoms with Crippen LogP contribution in [0, 0.1) is 13.8 Å². The number of aromatic amines is 1. The van der Waals surface area contributed by atoms with Gasteiger partial charge in [0.2, 0.25) is 10.0 Å². The molecule has 8 nitrogen and oxygen atoms in total. The number of rotatable bonds is 4. The molecular formula is C25H24N4O4S. The van der Waals surface area contributed by atoms with E-state index in [1.165, 1.54) is 9.21 Å². The standard InChI is InChI=1S/C25H24N4O4S/c1-16-14-18-6-5-9-21(23(18)26-15-16)34(32,33)29-12-10-28(11-13-29)25(31)24(30)22-17(2)27-20-8-4-3-7-19(20)22/h3-9,14-15,27H,10-13H2,1-2H3. The van der Waals surface area contributed by atoms with E-state index < -0.39 is 21.7 Å². The Balaban J connectivity index is 1.35. The summed E-state index contributed by atoms with van der Waals surface area (Å²) in [5.41, 5.74) is 3.18. The molecule has 1 N–H and O–H groups in total. The fourth-order valence-corrected chi connectivity index (χ4v) is 6.13. The fraction of sp³-hybridized carbons (Fsp3) is 0.240. The lowest BCUT2D eigenvalue weighted by Gasteiger charge is -2.33. The molecule has 1 aliphatic heterocycles. The van der Waals surface area contributed by atoms with Gasteiger partial charge in [-0.25, -0.2) is 8.42 Å². The van der Waals surface area contributed by atoms with Gasteiger partial charge in [-0.2, -0.15) is 4.31 Å². The van der Waals surface area contributed by atoms with Crippen molar-refractivity contribution < 1.29 is 18.0 Å². The van der Waals surface area contributed by atoms with Gasteiger partial charge in [-0.3, -0.25) is 14.6 Å². The number of fused-ring (bicyclic) bond motifs is 2. The van der Waals surface area contributed by atoms with Crippen molar-refractivity contribution in [3.05, 3.63) is 71.5 Å². The number of benzene rings is 2. The van der Waals surface area contributed by atoms with Gasteiger partial charge in [0.15, 0.2) is 0 Å². The Hall–Kier alpha value is -3.56. The van der Waals surface area contributed by atoms with Gasteiger partial charge in [-0.05, 0) is 37.6 Å². The van der Waals surface area contributed by atoms with Crippen LogP contribution in [0.3, 0.4) is 0 Å². The SMILES string of the molecule is Cc1cnc2c(S(=O)(=O)N3CCN(C(=O)C(=O)c4c(C)[nH]c5ccccc45)CC3)cccc2c1. The van der Waals surface area contributed by atoms with Crippen LogP contribution >= 0.6 is 0 Å². The second kappa shape index (κ2) is 8.34. The van der Waals surface area contributed by atoms with Gasteiger partial charge in [-0.15, -0.1) is 0 Å². The maximum atomic E-state index is 13.4. The molecule has 9 heteroatoms. The second-order valence-electron chi connectivity index (χ2n) is 8.54. The van der Waals surface area contributed by atoms with Crippen molar-refractivity contribution in [2.24, 2.45) is 0 Å². The molecule has 5 rings (SSSR count). The van der Waals surface area contributed by atoms with Crippen LogP contribution in [-0.4, -0.2) is 65.5 Å². The van der Waals surface area contributed by atoms with Crippen LogP contribution in [0.15, 0.2) is 59.6 Å². The molecule has 1 amide bonds.